The molecule has 2 aromatic rings. The lowest BCUT2D eigenvalue weighted by molar-refractivity contribution is 0.172. The van der Waals surface area contributed by atoms with E-state index in [1.54, 1.807) is 7.11 Å². The highest BCUT2D eigenvalue weighted by atomic mass is 16.6. The molecule has 30 heavy (non-hydrogen) atoms. The average Bonchev–Trinajstić information content (AvgIpc) is 3.37. The van der Waals surface area contributed by atoms with E-state index in [-0.39, 0.29) is 11.6 Å². The van der Waals surface area contributed by atoms with Gasteiger partial charge in [-0.15, -0.1) is 0 Å². The molecule has 2 unspecified atom stereocenters. The van der Waals surface area contributed by atoms with Crippen LogP contribution in [0.25, 0.3) is 0 Å². The van der Waals surface area contributed by atoms with Gasteiger partial charge in [-0.1, -0.05) is 36.4 Å². The summed E-state index contributed by atoms with van der Waals surface area (Å²) in [6.07, 6.45) is 8.83. The normalized spacial score (nSPS) is 27.6. The first-order valence-corrected chi connectivity index (χ1v) is 11.3. The van der Waals surface area contributed by atoms with Crippen LogP contribution in [0.4, 0.5) is 4.79 Å². The van der Waals surface area contributed by atoms with Gasteiger partial charge in [-0.05, 0) is 91.5 Å². The third-order valence-corrected chi connectivity index (χ3v) is 7.50. The van der Waals surface area contributed by atoms with Crippen molar-refractivity contribution < 1.29 is 14.3 Å². The Balaban J connectivity index is 1.22. The second-order valence-corrected chi connectivity index (χ2v) is 9.41. The average molecular weight is 406 g/mol. The lowest BCUT2D eigenvalue weighted by Crippen LogP contribution is -2.40. The minimum absolute atomic E-state index is 0.124. The van der Waals surface area contributed by atoms with E-state index in [1.807, 2.05) is 6.07 Å². The van der Waals surface area contributed by atoms with Crippen LogP contribution in [0.1, 0.15) is 60.3 Å². The van der Waals surface area contributed by atoms with Crippen molar-refractivity contribution >= 4 is 6.09 Å². The van der Waals surface area contributed by atoms with Crippen molar-refractivity contribution in [3.8, 4) is 5.75 Å². The highest BCUT2D eigenvalue weighted by molar-refractivity contribution is 5.70. The number of ether oxygens (including phenoxy) is 2. The molecule has 0 bridgehead atoms. The number of hydrogen-bond donors (Lipinski definition) is 1. The number of rotatable bonds is 5. The predicted octanol–water partition coefficient (Wildman–Crippen LogP) is 5.18. The van der Waals surface area contributed by atoms with Crippen molar-refractivity contribution in [3.63, 3.8) is 0 Å². The molecule has 158 valence electrons. The fraction of sp³-hybridized carbons (Fsp3) is 0.500. The van der Waals surface area contributed by atoms with Gasteiger partial charge in [-0.2, -0.15) is 0 Å². The van der Waals surface area contributed by atoms with Gasteiger partial charge in [-0.25, -0.2) is 4.79 Å². The molecule has 3 atom stereocenters. The Labute approximate surface area is 179 Å². The Kier molecular flexibility index (Phi) is 5.18. The first-order valence-electron chi connectivity index (χ1n) is 11.3. The molecule has 2 fully saturated rings. The molecule has 1 spiro atoms. The van der Waals surface area contributed by atoms with Crippen molar-refractivity contribution in [3.05, 3.63) is 64.7 Å². The number of benzene rings is 2. The van der Waals surface area contributed by atoms with Crippen LogP contribution >= 0.6 is 0 Å². The summed E-state index contributed by atoms with van der Waals surface area (Å²) in [5.74, 6) is 2.28. The van der Waals surface area contributed by atoms with E-state index in [0.717, 1.165) is 37.4 Å². The van der Waals surface area contributed by atoms with Crippen molar-refractivity contribution in [1.29, 1.82) is 0 Å². The third-order valence-electron chi connectivity index (χ3n) is 7.50. The van der Waals surface area contributed by atoms with Crippen molar-refractivity contribution in [2.24, 2.45) is 5.92 Å². The molecule has 1 saturated carbocycles. The zero-order chi connectivity index (χ0) is 20.6. The van der Waals surface area contributed by atoms with E-state index in [2.05, 4.69) is 41.7 Å². The molecule has 1 saturated heterocycles. The molecule has 5 rings (SSSR count). The van der Waals surface area contributed by atoms with Gasteiger partial charge in [0.25, 0.3) is 0 Å². The number of amides is 1. The largest absolute Gasteiger partial charge is 0.496 e. The van der Waals surface area contributed by atoms with E-state index in [0.29, 0.717) is 12.5 Å². The van der Waals surface area contributed by atoms with Crippen LogP contribution in [0.15, 0.2) is 42.5 Å². The topological polar surface area (TPSA) is 47.6 Å². The Morgan fingerprint density at radius 3 is 2.90 bits per heavy atom. The summed E-state index contributed by atoms with van der Waals surface area (Å²) in [7, 11) is 1.76. The van der Waals surface area contributed by atoms with Crippen LogP contribution in [0.2, 0.25) is 0 Å². The number of fused-ring (bicyclic) bond motifs is 1. The Bertz CT molecular complexity index is 940. The summed E-state index contributed by atoms with van der Waals surface area (Å²) in [5.41, 5.74) is 5.70. The van der Waals surface area contributed by atoms with Crippen LogP contribution in [0, 0.1) is 5.92 Å². The Morgan fingerprint density at radius 2 is 2.07 bits per heavy atom. The van der Waals surface area contributed by atoms with Gasteiger partial charge in [0.15, 0.2) is 0 Å². The molecule has 0 aromatic heterocycles. The molecule has 1 N–H and O–H groups in total. The number of aryl methyl sites for hydroxylation is 2. The monoisotopic (exact) mass is 405 g/mol. The van der Waals surface area contributed by atoms with Crippen molar-refractivity contribution in [1.82, 2.24) is 5.32 Å². The van der Waals surface area contributed by atoms with E-state index in [4.69, 9.17) is 9.47 Å². The standard InChI is InChI=1S/C26H31NO3/c1-29-24-5-3-2-4-19(24)8-6-18-7-9-21-15-22(11-10-20(21)14-18)23-12-13-26(16-23)17-30-25(28)27-26/h2-5,10-11,15,18,23H,6-9,12-14,16-17H2,1H3,(H,27,28)/t18?,23-,26?/m0/s1. The van der Waals surface area contributed by atoms with E-state index in [1.165, 1.54) is 47.9 Å². The molecule has 4 nitrogen and oxygen atoms in total. The minimum atomic E-state index is -0.250. The quantitative estimate of drug-likeness (QED) is 0.746. The second kappa shape index (κ2) is 7.98. The number of para-hydroxylation sites is 1. The van der Waals surface area contributed by atoms with Crippen LogP contribution in [-0.2, 0) is 24.0 Å². The number of nitrogens with one attached hydrogen (secondary N) is 1. The number of cyclic esters (lactones) is 1. The second-order valence-electron chi connectivity index (χ2n) is 9.41. The molecule has 1 amide bonds. The number of hydrogen-bond acceptors (Lipinski definition) is 3. The zero-order valence-corrected chi connectivity index (χ0v) is 17.8. The van der Waals surface area contributed by atoms with E-state index >= 15 is 0 Å². The maximum atomic E-state index is 11.5. The fourth-order valence-electron chi connectivity index (χ4n) is 5.77. The molecular formula is C26H31NO3. The van der Waals surface area contributed by atoms with E-state index in [9.17, 15) is 4.79 Å². The number of carbonyl (C=O) groups excluding carboxylic acids is 1. The van der Waals surface area contributed by atoms with Crippen molar-refractivity contribution in [2.45, 2.75) is 62.8 Å². The van der Waals surface area contributed by atoms with Gasteiger partial charge in [0.1, 0.15) is 12.4 Å². The van der Waals surface area contributed by atoms with Crippen molar-refractivity contribution in [2.75, 3.05) is 13.7 Å². The van der Waals surface area contributed by atoms with Crippen LogP contribution in [-0.4, -0.2) is 25.3 Å². The van der Waals surface area contributed by atoms with Gasteiger partial charge in [0.2, 0.25) is 0 Å². The molecule has 0 radical (unpaired) electrons. The summed E-state index contributed by atoms with van der Waals surface area (Å²) in [6, 6.07) is 15.5. The molecule has 4 heteroatoms. The SMILES string of the molecule is COc1ccccc1CCC1CCc2cc([C@H]3CCC4(COC(=O)N4)C3)ccc2C1. The maximum Gasteiger partial charge on any atom is 0.407 e. The third kappa shape index (κ3) is 3.80. The minimum Gasteiger partial charge on any atom is -0.496 e. The fourth-order valence-corrected chi connectivity index (χ4v) is 5.77. The molecule has 1 heterocycles. The Hall–Kier alpha value is -2.49. The Morgan fingerprint density at radius 1 is 1.17 bits per heavy atom. The maximum absolute atomic E-state index is 11.5. The smallest absolute Gasteiger partial charge is 0.407 e. The summed E-state index contributed by atoms with van der Waals surface area (Å²) in [6.45, 7) is 0.529. The molecular weight excluding hydrogens is 374 g/mol. The summed E-state index contributed by atoms with van der Waals surface area (Å²) in [4.78, 5) is 11.5. The van der Waals surface area contributed by atoms with Gasteiger partial charge in [0.05, 0.1) is 12.6 Å². The number of carbonyl (C=O) groups is 1. The first kappa shape index (κ1) is 19.5. The molecule has 2 aromatic carbocycles. The highest BCUT2D eigenvalue weighted by Crippen LogP contribution is 2.43. The lowest BCUT2D eigenvalue weighted by Gasteiger charge is -2.26. The zero-order valence-electron chi connectivity index (χ0n) is 17.8. The number of methoxy groups -OCH3 is 1. The summed E-state index contributed by atoms with van der Waals surface area (Å²) < 4.78 is 10.7. The molecule has 3 aliphatic rings. The van der Waals surface area contributed by atoms with Gasteiger partial charge >= 0.3 is 6.09 Å². The summed E-state index contributed by atoms with van der Waals surface area (Å²) >= 11 is 0. The predicted molar refractivity (Wildman–Crippen MR) is 117 cm³/mol. The first-order chi connectivity index (χ1) is 14.6. The van der Waals surface area contributed by atoms with Gasteiger partial charge in [-0.3, -0.25) is 0 Å². The van der Waals surface area contributed by atoms with Gasteiger partial charge < -0.3 is 14.8 Å². The number of alkyl carbamates (subject to hydrolysis) is 1. The van der Waals surface area contributed by atoms with Gasteiger partial charge in [0, 0.05) is 0 Å². The molecule has 1 aliphatic heterocycles. The highest BCUT2D eigenvalue weighted by Gasteiger charge is 2.46. The summed E-state index contributed by atoms with van der Waals surface area (Å²) in [5, 5.41) is 3.06. The van der Waals surface area contributed by atoms with E-state index < -0.39 is 0 Å². The van der Waals surface area contributed by atoms with Crippen LogP contribution < -0.4 is 10.1 Å². The van der Waals surface area contributed by atoms with Crippen LogP contribution in [0.3, 0.4) is 0 Å². The van der Waals surface area contributed by atoms with Crippen LogP contribution in [0.5, 0.6) is 5.75 Å². The molecule has 2 aliphatic carbocycles. The lowest BCUT2D eigenvalue weighted by atomic mass is 9.79.